The number of aromatic nitrogens is 3. The van der Waals surface area contributed by atoms with Gasteiger partial charge in [0.05, 0.1) is 11.4 Å². The average Bonchev–Trinajstić information content (AvgIpc) is 2.86. The fourth-order valence-electron chi connectivity index (χ4n) is 2.93. The highest BCUT2D eigenvalue weighted by Crippen LogP contribution is 2.15. The lowest BCUT2D eigenvalue weighted by Crippen LogP contribution is -2.25. The van der Waals surface area contributed by atoms with Crippen LogP contribution in [-0.2, 0) is 29.5 Å². The van der Waals surface area contributed by atoms with Crippen molar-refractivity contribution in [2.75, 3.05) is 14.1 Å². The van der Waals surface area contributed by atoms with E-state index in [0.717, 1.165) is 41.8 Å². The maximum atomic E-state index is 12.3. The third kappa shape index (κ3) is 3.78. The van der Waals surface area contributed by atoms with Gasteiger partial charge in [0.1, 0.15) is 5.82 Å². The molecule has 9 heteroatoms. The number of hydrogen-bond acceptors (Lipinski definition) is 5. The zero-order chi connectivity index (χ0) is 18.7. The van der Waals surface area contributed by atoms with Crippen molar-refractivity contribution in [2.24, 2.45) is 0 Å². The number of nitrogens with one attached hydrogen (secondary N) is 1. The third-order valence-electron chi connectivity index (χ3n) is 4.49. The minimum Gasteiger partial charge on any atom is -0.345 e. The van der Waals surface area contributed by atoms with Gasteiger partial charge in [0.2, 0.25) is 10.0 Å². The molecule has 0 unspecified atom stereocenters. The monoisotopic (exact) mass is 377 g/mol. The van der Waals surface area contributed by atoms with Crippen LogP contribution >= 0.6 is 0 Å². The summed E-state index contributed by atoms with van der Waals surface area (Å²) in [6, 6.07) is 5.90. The van der Waals surface area contributed by atoms with E-state index in [0.29, 0.717) is 12.1 Å². The Kier molecular flexibility index (Phi) is 5.38. The van der Waals surface area contributed by atoms with Crippen molar-refractivity contribution in [1.29, 1.82) is 0 Å². The number of carbonyl (C=O) groups excluding carboxylic acids is 1. The van der Waals surface area contributed by atoms with Crippen molar-refractivity contribution in [2.45, 2.75) is 43.7 Å². The fourth-order valence-corrected chi connectivity index (χ4v) is 3.83. The lowest BCUT2D eigenvalue weighted by Gasteiger charge is -2.12. The molecule has 1 N–H and O–H groups in total. The summed E-state index contributed by atoms with van der Waals surface area (Å²) in [7, 11) is -0.561. The zero-order valence-electron chi connectivity index (χ0n) is 15.0. The predicted octanol–water partition coefficient (Wildman–Crippen LogP) is 1.18. The van der Waals surface area contributed by atoms with E-state index < -0.39 is 10.0 Å². The first-order valence-electron chi connectivity index (χ1n) is 8.61. The van der Waals surface area contributed by atoms with E-state index in [4.69, 9.17) is 0 Å². The average molecular weight is 377 g/mol. The molecule has 8 nitrogen and oxygen atoms in total. The van der Waals surface area contributed by atoms with Gasteiger partial charge >= 0.3 is 0 Å². The summed E-state index contributed by atoms with van der Waals surface area (Å²) in [5.41, 5.74) is 0.401. The van der Waals surface area contributed by atoms with Gasteiger partial charge in [0.15, 0.2) is 5.82 Å². The molecular weight excluding hydrogens is 354 g/mol. The van der Waals surface area contributed by atoms with Crippen LogP contribution in [0.15, 0.2) is 29.2 Å². The standard InChI is InChI=1S/C17H23N5O3S/c1-21(2)26(24,25)14-9-7-13(8-10-14)17(23)18-12-16-20-19-15-6-4-3-5-11-22(15)16/h7-10H,3-6,11-12H2,1-2H3,(H,18,23). The lowest BCUT2D eigenvalue weighted by atomic mass is 10.2. The zero-order valence-corrected chi connectivity index (χ0v) is 15.8. The van der Waals surface area contributed by atoms with E-state index in [1.54, 1.807) is 0 Å². The minimum atomic E-state index is -3.50. The summed E-state index contributed by atoms with van der Waals surface area (Å²) in [6.45, 7) is 1.17. The van der Waals surface area contributed by atoms with Gasteiger partial charge < -0.3 is 9.88 Å². The first-order chi connectivity index (χ1) is 12.4. The highest BCUT2D eigenvalue weighted by Gasteiger charge is 2.18. The van der Waals surface area contributed by atoms with Crippen LogP contribution in [0.3, 0.4) is 0 Å². The van der Waals surface area contributed by atoms with Crippen LogP contribution in [0.5, 0.6) is 0 Å². The largest absolute Gasteiger partial charge is 0.345 e. The van der Waals surface area contributed by atoms with Crippen LogP contribution in [0.4, 0.5) is 0 Å². The van der Waals surface area contributed by atoms with Crippen LogP contribution in [0.25, 0.3) is 0 Å². The third-order valence-corrected chi connectivity index (χ3v) is 6.32. The highest BCUT2D eigenvalue weighted by atomic mass is 32.2. The second-order valence-corrected chi connectivity index (χ2v) is 8.64. The topological polar surface area (TPSA) is 97.2 Å². The summed E-state index contributed by atoms with van der Waals surface area (Å²) in [5.74, 6) is 1.46. The van der Waals surface area contributed by atoms with E-state index in [-0.39, 0.29) is 10.8 Å². The smallest absolute Gasteiger partial charge is 0.251 e. The van der Waals surface area contributed by atoms with Crippen molar-refractivity contribution in [3.05, 3.63) is 41.5 Å². The number of amides is 1. The highest BCUT2D eigenvalue weighted by molar-refractivity contribution is 7.89. The van der Waals surface area contributed by atoms with E-state index >= 15 is 0 Å². The molecule has 2 aromatic rings. The number of sulfonamides is 1. The Morgan fingerprint density at radius 3 is 2.58 bits per heavy atom. The van der Waals surface area contributed by atoms with Gasteiger partial charge in [-0.3, -0.25) is 4.79 Å². The second kappa shape index (κ2) is 7.55. The molecule has 0 aliphatic carbocycles. The maximum absolute atomic E-state index is 12.3. The van der Waals surface area contributed by atoms with E-state index in [9.17, 15) is 13.2 Å². The van der Waals surface area contributed by atoms with Gasteiger partial charge in [-0.05, 0) is 37.1 Å². The van der Waals surface area contributed by atoms with Crippen LogP contribution in [0.1, 0.15) is 41.3 Å². The van der Waals surface area contributed by atoms with Gasteiger partial charge in [0.25, 0.3) is 5.91 Å². The molecule has 2 heterocycles. The number of fused-ring (bicyclic) bond motifs is 1. The van der Waals surface area contributed by atoms with Crippen LogP contribution in [0, 0.1) is 0 Å². The Hall–Kier alpha value is -2.26. The van der Waals surface area contributed by atoms with Gasteiger partial charge in [-0.1, -0.05) is 6.42 Å². The molecule has 1 aliphatic rings. The molecule has 1 aromatic carbocycles. The lowest BCUT2D eigenvalue weighted by molar-refractivity contribution is 0.0949. The Morgan fingerprint density at radius 2 is 1.88 bits per heavy atom. The van der Waals surface area contributed by atoms with E-state index in [1.165, 1.54) is 44.8 Å². The summed E-state index contributed by atoms with van der Waals surface area (Å²) >= 11 is 0. The molecule has 1 amide bonds. The normalized spacial score (nSPS) is 14.7. The van der Waals surface area contributed by atoms with Gasteiger partial charge in [0, 0.05) is 32.6 Å². The van der Waals surface area contributed by atoms with E-state index in [2.05, 4.69) is 20.1 Å². The fraction of sp³-hybridized carbons (Fsp3) is 0.471. The Morgan fingerprint density at radius 1 is 1.15 bits per heavy atom. The molecule has 26 heavy (non-hydrogen) atoms. The molecule has 0 radical (unpaired) electrons. The second-order valence-electron chi connectivity index (χ2n) is 6.49. The van der Waals surface area contributed by atoms with Crippen molar-refractivity contribution in [1.82, 2.24) is 24.4 Å². The quantitative estimate of drug-likeness (QED) is 0.844. The van der Waals surface area contributed by atoms with Crippen LogP contribution < -0.4 is 5.32 Å². The Bertz CT molecular complexity index is 888. The molecular formula is C17H23N5O3S. The number of benzene rings is 1. The number of nitrogens with zero attached hydrogens (tertiary/aromatic N) is 4. The van der Waals surface area contributed by atoms with Crippen molar-refractivity contribution < 1.29 is 13.2 Å². The number of rotatable bonds is 5. The van der Waals surface area contributed by atoms with Gasteiger partial charge in [-0.2, -0.15) is 0 Å². The van der Waals surface area contributed by atoms with Crippen molar-refractivity contribution >= 4 is 15.9 Å². The summed E-state index contributed by atoms with van der Waals surface area (Å²) in [4.78, 5) is 12.5. The van der Waals surface area contributed by atoms with Crippen LogP contribution in [0.2, 0.25) is 0 Å². The molecule has 0 saturated heterocycles. The number of aryl methyl sites for hydroxylation is 1. The summed E-state index contributed by atoms with van der Waals surface area (Å²) in [6.07, 6.45) is 4.31. The van der Waals surface area contributed by atoms with Gasteiger partial charge in [-0.15, -0.1) is 10.2 Å². The molecule has 1 aromatic heterocycles. The van der Waals surface area contributed by atoms with Crippen molar-refractivity contribution in [3.8, 4) is 0 Å². The van der Waals surface area contributed by atoms with Gasteiger partial charge in [-0.25, -0.2) is 12.7 Å². The predicted molar refractivity (Wildman–Crippen MR) is 96.1 cm³/mol. The summed E-state index contributed by atoms with van der Waals surface area (Å²) in [5, 5.41) is 11.2. The molecule has 0 saturated carbocycles. The first-order valence-corrected chi connectivity index (χ1v) is 10.1. The molecule has 0 atom stereocenters. The molecule has 0 bridgehead atoms. The minimum absolute atomic E-state index is 0.154. The molecule has 3 rings (SSSR count). The number of carbonyl (C=O) groups is 1. The molecule has 0 fully saturated rings. The Balaban J connectivity index is 1.67. The molecule has 0 spiro atoms. The van der Waals surface area contributed by atoms with Crippen LogP contribution in [-0.4, -0.2) is 47.5 Å². The Labute approximate surface area is 153 Å². The summed E-state index contributed by atoms with van der Waals surface area (Å²) < 4.78 is 27.4. The molecule has 140 valence electrons. The maximum Gasteiger partial charge on any atom is 0.251 e. The van der Waals surface area contributed by atoms with E-state index in [1.807, 2.05) is 0 Å². The molecule has 1 aliphatic heterocycles. The number of hydrogen-bond donors (Lipinski definition) is 1. The SMILES string of the molecule is CN(C)S(=O)(=O)c1ccc(C(=O)NCc2nnc3n2CCCCC3)cc1. The first kappa shape index (κ1) is 18.5. The van der Waals surface area contributed by atoms with Crippen molar-refractivity contribution in [3.63, 3.8) is 0 Å².